The van der Waals surface area contributed by atoms with E-state index in [4.69, 9.17) is 9.47 Å². The monoisotopic (exact) mass is 231 g/mol. The van der Waals surface area contributed by atoms with Crippen molar-refractivity contribution in [3.63, 3.8) is 0 Å². The van der Waals surface area contributed by atoms with Gasteiger partial charge in [-0.15, -0.1) is 0 Å². The summed E-state index contributed by atoms with van der Waals surface area (Å²) in [5.74, 6) is 0. The summed E-state index contributed by atoms with van der Waals surface area (Å²) in [6.07, 6.45) is 5.13. The van der Waals surface area contributed by atoms with Crippen molar-refractivity contribution in [1.82, 2.24) is 4.90 Å². The second kappa shape index (κ2) is 12.9. The maximum atomic E-state index is 5.61. The summed E-state index contributed by atoms with van der Waals surface area (Å²) < 4.78 is 10.7. The predicted molar refractivity (Wildman–Crippen MR) is 69.0 cm³/mol. The number of methoxy groups -OCH3 is 1. The van der Waals surface area contributed by atoms with E-state index in [-0.39, 0.29) is 0 Å². The number of rotatable bonds is 12. The van der Waals surface area contributed by atoms with Crippen molar-refractivity contribution in [2.45, 2.75) is 39.5 Å². The highest BCUT2D eigenvalue weighted by Crippen LogP contribution is 1.98. The zero-order chi connectivity index (χ0) is 12.1. The molecule has 0 fully saturated rings. The van der Waals surface area contributed by atoms with E-state index in [0.29, 0.717) is 0 Å². The minimum Gasteiger partial charge on any atom is -0.383 e. The SMILES string of the molecule is CCCCCCOCCN(CC)CCOC. The van der Waals surface area contributed by atoms with Crippen LogP contribution in [0.1, 0.15) is 39.5 Å². The Balaban J connectivity index is 3.20. The normalized spacial score (nSPS) is 11.2. The van der Waals surface area contributed by atoms with Crippen molar-refractivity contribution in [3.8, 4) is 0 Å². The van der Waals surface area contributed by atoms with Gasteiger partial charge in [0.1, 0.15) is 0 Å². The summed E-state index contributed by atoms with van der Waals surface area (Å²) in [7, 11) is 1.75. The maximum Gasteiger partial charge on any atom is 0.0593 e. The summed E-state index contributed by atoms with van der Waals surface area (Å²) in [6, 6.07) is 0. The first-order chi connectivity index (χ1) is 7.85. The molecular weight excluding hydrogens is 202 g/mol. The van der Waals surface area contributed by atoms with Crippen LogP contribution in [0.25, 0.3) is 0 Å². The van der Waals surface area contributed by atoms with E-state index in [1.807, 2.05) is 0 Å². The molecule has 0 N–H and O–H groups in total. The molecule has 0 aliphatic carbocycles. The fraction of sp³-hybridized carbons (Fsp3) is 1.00. The molecule has 0 rings (SSSR count). The Morgan fingerprint density at radius 1 is 0.875 bits per heavy atom. The van der Waals surface area contributed by atoms with E-state index in [9.17, 15) is 0 Å². The van der Waals surface area contributed by atoms with Gasteiger partial charge < -0.3 is 9.47 Å². The lowest BCUT2D eigenvalue weighted by Gasteiger charge is -2.19. The van der Waals surface area contributed by atoms with Crippen molar-refractivity contribution in [2.24, 2.45) is 0 Å². The van der Waals surface area contributed by atoms with Crippen LogP contribution in [0.5, 0.6) is 0 Å². The van der Waals surface area contributed by atoms with Gasteiger partial charge in [0, 0.05) is 26.8 Å². The second-order valence-electron chi connectivity index (χ2n) is 4.10. The summed E-state index contributed by atoms with van der Waals surface area (Å²) >= 11 is 0. The third kappa shape index (κ3) is 10.4. The van der Waals surface area contributed by atoms with Crippen molar-refractivity contribution < 1.29 is 9.47 Å². The second-order valence-corrected chi connectivity index (χ2v) is 4.10. The molecule has 0 aliphatic rings. The van der Waals surface area contributed by atoms with Crippen molar-refractivity contribution >= 4 is 0 Å². The molecule has 0 atom stereocenters. The Morgan fingerprint density at radius 3 is 2.25 bits per heavy atom. The number of unbranched alkanes of at least 4 members (excludes halogenated alkanes) is 3. The Kier molecular flexibility index (Phi) is 12.9. The molecule has 0 amide bonds. The molecule has 0 aromatic rings. The fourth-order valence-electron chi connectivity index (χ4n) is 1.58. The molecule has 16 heavy (non-hydrogen) atoms. The average Bonchev–Trinajstić information content (AvgIpc) is 2.32. The predicted octanol–water partition coefficient (Wildman–Crippen LogP) is 2.55. The Labute approximate surface area is 101 Å². The quantitative estimate of drug-likeness (QED) is 0.482. The van der Waals surface area contributed by atoms with Crippen LogP contribution >= 0.6 is 0 Å². The minimum absolute atomic E-state index is 0.810. The van der Waals surface area contributed by atoms with Crippen molar-refractivity contribution in [1.29, 1.82) is 0 Å². The van der Waals surface area contributed by atoms with Crippen LogP contribution < -0.4 is 0 Å². The van der Waals surface area contributed by atoms with E-state index < -0.39 is 0 Å². The molecule has 0 saturated heterocycles. The molecule has 0 aliphatic heterocycles. The van der Waals surface area contributed by atoms with E-state index in [1.165, 1.54) is 25.7 Å². The highest BCUT2D eigenvalue weighted by molar-refractivity contribution is 4.53. The molecule has 0 unspecified atom stereocenters. The van der Waals surface area contributed by atoms with E-state index in [0.717, 1.165) is 39.5 Å². The summed E-state index contributed by atoms with van der Waals surface area (Å²) in [5, 5.41) is 0. The molecular formula is C13H29NO2. The topological polar surface area (TPSA) is 21.7 Å². The highest BCUT2D eigenvalue weighted by Gasteiger charge is 2.00. The van der Waals surface area contributed by atoms with Crippen LogP contribution in [0.4, 0.5) is 0 Å². The van der Waals surface area contributed by atoms with Gasteiger partial charge in [-0.2, -0.15) is 0 Å². The molecule has 3 nitrogen and oxygen atoms in total. The molecule has 98 valence electrons. The van der Waals surface area contributed by atoms with Crippen LogP contribution in [0.15, 0.2) is 0 Å². The standard InChI is InChI=1S/C13H29NO2/c1-4-6-7-8-11-16-13-10-14(5-2)9-12-15-3/h4-13H2,1-3H3. The molecule has 0 saturated carbocycles. The van der Waals surface area contributed by atoms with E-state index in [2.05, 4.69) is 18.7 Å². The van der Waals surface area contributed by atoms with Crippen LogP contribution in [0.3, 0.4) is 0 Å². The van der Waals surface area contributed by atoms with Crippen LogP contribution in [-0.2, 0) is 9.47 Å². The van der Waals surface area contributed by atoms with Gasteiger partial charge in [-0.05, 0) is 13.0 Å². The molecule has 0 radical (unpaired) electrons. The summed E-state index contributed by atoms with van der Waals surface area (Å²) in [6.45, 7) is 10.1. The lowest BCUT2D eigenvalue weighted by Crippen LogP contribution is -2.30. The average molecular weight is 231 g/mol. The third-order valence-electron chi connectivity index (χ3n) is 2.75. The van der Waals surface area contributed by atoms with Gasteiger partial charge in [0.2, 0.25) is 0 Å². The van der Waals surface area contributed by atoms with E-state index >= 15 is 0 Å². The fourth-order valence-corrected chi connectivity index (χ4v) is 1.58. The Hall–Kier alpha value is -0.120. The van der Waals surface area contributed by atoms with Crippen LogP contribution in [0.2, 0.25) is 0 Å². The van der Waals surface area contributed by atoms with Gasteiger partial charge in [-0.25, -0.2) is 0 Å². The summed E-state index contributed by atoms with van der Waals surface area (Å²) in [5.41, 5.74) is 0. The van der Waals surface area contributed by atoms with Gasteiger partial charge in [0.25, 0.3) is 0 Å². The number of ether oxygens (including phenoxy) is 2. The molecule has 0 heterocycles. The summed E-state index contributed by atoms with van der Waals surface area (Å²) in [4.78, 5) is 2.36. The van der Waals surface area contributed by atoms with E-state index in [1.54, 1.807) is 7.11 Å². The Morgan fingerprint density at radius 2 is 1.62 bits per heavy atom. The first kappa shape index (κ1) is 15.9. The molecule has 0 aromatic heterocycles. The van der Waals surface area contributed by atoms with Gasteiger partial charge in [0.05, 0.1) is 13.2 Å². The van der Waals surface area contributed by atoms with Crippen molar-refractivity contribution in [2.75, 3.05) is 46.6 Å². The van der Waals surface area contributed by atoms with Crippen LogP contribution in [-0.4, -0.2) is 51.5 Å². The van der Waals surface area contributed by atoms with Gasteiger partial charge in [-0.3, -0.25) is 4.90 Å². The molecule has 3 heteroatoms. The number of hydrogen-bond acceptors (Lipinski definition) is 3. The maximum absolute atomic E-state index is 5.61. The lowest BCUT2D eigenvalue weighted by atomic mass is 10.2. The minimum atomic E-state index is 0.810. The number of likely N-dealkylation sites (N-methyl/N-ethyl adjacent to an activating group) is 1. The van der Waals surface area contributed by atoms with Gasteiger partial charge in [-0.1, -0.05) is 33.1 Å². The van der Waals surface area contributed by atoms with Crippen molar-refractivity contribution in [3.05, 3.63) is 0 Å². The van der Waals surface area contributed by atoms with Gasteiger partial charge in [0.15, 0.2) is 0 Å². The third-order valence-corrected chi connectivity index (χ3v) is 2.75. The van der Waals surface area contributed by atoms with Crippen LogP contribution in [0, 0.1) is 0 Å². The zero-order valence-corrected chi connectivity index (χ0v) is 11.3. The molecule has 0 bridgehead atoms. The number of hydrogen-bond donors (Lipinski definition) is 0. The first-order valence-electron chi connectivity index (χ1n) is 6.64. The highest BCUT2D eigenvalue weighted by atomic mass is 16.5. The smallest absolute Gasteiger partial charge is 0.0593 e. The molecule has 0 spiro atoms. The Bertz CT molecular complexity index is 131. The number of nitrogens with zero attached hydrogens (tertiary/aromatic N) is 1. The largest absolute Gasteiger partial charge is 0.383 e. The van der Waals surface area contributed by atoms with Gasteiger partial charge >= 0.3 is 0 Å². The molecule has 0 aromatic carbocycles. The first-order valence-corrected chi connectivity index (χ1v) is 6.64. The zero-order valence-electron chi connectivity index (χ0n) is 11.3. The lowest BCUT2D eigenvalue weighted by molar-refractivity contribution is 0.0883.